The van der Waals surface area contributed by atoms with Crippen LogP contribution in [0.1, 0.15) is 37.0 Å². The molecule has 0 spiro atoms. The van der Waals surface area contributed by atoms with Crippen molar-refractivity contribution in [3.8, 4) is 0 Å². The highest BCUT2D eigenvalue weighted by Gasteiger charge is 2.51. The molecule has 0 aliphatic carbocycles. The van der Waals surface area contributed by atoms with Gasteiger partial charge < -0.3 is 5.73 Å². The van der Waals surface area contributed by atoms with E-state index in [-0.39, 0.29) is 0 Å². The Morgan fingerprint density at radius 3 is 2.32 bits per heavy atom. The lowest BCUT2D eigenvalue weighted by Crippen LogP contribution is -2.58. The zero-order valence-electron chi connectivity index (χ0n) is 11.8. The Balaban J connectivity index is 2.50. The molecule has 1 fully saturated rings. The highest BCUT2D eigenvalue weighted by atomic mass is 16.7. The first-order valence-electron chi connectivity index (χ1n) is 6.44. The molecule has 1 aliphatic rings. The number of nitrogens with two attached hydrogens (primary N) is 1. The van der Waals surface area contributed by atoms with Crippen molar-refractivity contribution in [1.82, 2.24) is 10.8 Å². The number of aryl methyl sites for hydroxylation is 2. The second kappa shape index (κ2) is 4.59. The molecule has 2 rings (SSSR count). The molecule has 19 heavy (non-hydrogen) atoms. The molecule has 0 bridgehead atoms. The molecule has 1 heterocycles. The molecule has 2 unspecified atom stereocenters. The first kappa shape index (κ1) is 14.0. The molecular formula is C14H21N3O2. The van der Waals surface area contributed by atoms with E-state index in [4.69, 9.17) is 10.6 Å². The molecule has 0 saturated carbocycles. The Kier molecular flexibility index (Phi) is 3.38. The van der Waals surface area contributed by atoms with E-state index in [0.717, 1.165) is 16.7 Å². The van der Waals surface area contributed by atoms with Gasteiger partial charge in [0.05, 0.1) is 0 Å². The van der Waals surface area contributed by atoms with Crippen molar-refractivity contribution in [2.75, 3.05) is 0 Å². The van der Waals surface area contributed by atoms with E-state index in [1.165, 1.54) is 0 Å². The van der Waals surface area contributed by atoms with E-state index in [9.17, 15) is 4.79 Å². The normalized spacial score (nSPS) is 30.5. The van der Waals surface area contributed by atoms with Gasteiger partial charge in [-0.3, -0.25) is 14.9 Å². The van der Waals surface area contributed by atoms with E-state index >= 15 is 0 Å². The van der Waals surface area contributed by atoms with Crippen LogP contribution in [-0.4, -0.2) is 11.6 Å². The van der Waals surface area contributed by atoms with E-state index in [0.29, 0.717) is 6.42 Å². The third kappa shape index (κ3) is 2.36. The summed E-state index contributed by atoms with van der Waals surface area (Å²) in [4.78, 5) is 17.5. The predicted octanol–water partition coefficient (Wildman–Crippen LogP) is 1.19. The van der Waals surface area contributed by atoms with Gasteiger partial charge in [0.25, 0.3) is 5.91 Å². The number of amides is 1. The van der Waals surface area contributed by atoms with Gasteiger partial charge in [0.1, 0.15) is 5.72 Å². The maximum Gasteiger partial charge on any atom is 0.259 e. The third-order valence-electron chi connectivity index (χ3n) is 3.58. The molecule has 0 radical (unpaired) electrons. The molecule has 1 saturated heterocycles. The van der Waals surface area contributed by atoms with Gasteiger partial charge in [0.2, 0.25) is 0 Å². The van der Waals surface area contributed by atoms with Gasteiger partial charge in [-0.15, -0.1) is 0 Å². The van der Waals surface area contributed by atoms with Crippen LogP contribution in [0.25, 0.3) is 0 Å². The zero-order chi connectivity index (χ0) is 14.3. The number of carbonyl (C=O) groups excluding carboxylic acids is 1. The van der Waals surface area contributed by atoms with Gasteiger partial charge in [0, 0.05) is 0 Å². The Hall–Kier alpha value is -1.43. The molecular weight excluding hydrogens is 242 g/mol. The van der Waals surface area contributed by atoms with Gasteiger partial charge in [-0.1, -0.05) is 36.2 Å². The molecule has 1 amide bonds. The SMILES string of the molecule is CCC1(C)NC(C(N)=O)(c2cc(C)cc(C)c2)NO1. The first-order chi connectivity index (χ1) is 8.81. The van der Waals surface area contributed by atoms with Crippen LogP contribution in [0.4, 0.5) is 0 Å². The number of rotatable bonds is 3. The zero-order valence-corrected chi connectivity index (χ0v) is 11.8. The van der Waals surface area contributed by atoms with Crippen LogP contribution in [0, 0.1) is 13.8 Å². The number of benzene rings is 1. The highest BCUT2D eigenvalue weighted by Crippen LogP contribution is 2.30. The van der Waals surface area contributed by atoms with Crippen LogP contribution in [0.15, 0.2) is 18.2 Å². The lowest BCUT2D eigenvalue weighted by molar-refractivity contribution is -0.128. The molecule has 0 aromatic heterocycles. The topological polar surface area (TPSA) is 76.4 Å². The molecule has 4 N–H and O–H groups in total. The minimum Gasteiger partial charge on any atom is -0.366 e. The van der Waals surface area contributed by atoms with Crippen LogP contribution in [0.2, 0.25) is 0 Å². The van der Waals surface area contributed by atoms with E-state index in [1.807, 2.05) is 45.9 Å². The Morgan fingerprint density at radius 2 is 1.89 bits per heavy atom. The van der Waals surface area contributed by atoms with Crippen molar-refractivity contribution in [3.05, 3.63) is 34.9 Å². The Labute approximate surface area is 113 Å². The quantitative estimate of drug-likeness (QED) is 0.765. The van der Waals surface area contributed by atoms with Crippen molar-refractivity contribution in [3.63, 3.8) is 0 Å². The number of hydroxylamine groups is 1. The summed E-state index contributed by atoms with van der Waals surface area (Å²) in [7, 11) is 0. The maximum absolute atomic E-state index is 12.0. The molecule has 5 nitrogen and oxygen atoms in total. The second-order valence-corrected chi connectivity index (χ2v) is 5.40. The van der Waals surface area contributed by atoms with Gasteiger partial charge in [-0.25, -0.2) is 0 Å². The monoisotopic (exact) mass is 263 g/mol. The summed E-state index contributed by atoms with van der Waals surface area (Å²) in [6.45, 7) is 7.83. The van der Waals surface area contributed by atoms with Crippen molar-refractivity contribution in [1.29, 1.82) is 0 Å². The number of carbonyl (C=O) groups is 1. The fourth-order valence-electron chi connectivity index (χ4n) is 2.37. The van der Waals surface area contributed by atoms with Crippen molar-refractivity contribution in [2.24, 2.45) is 5.73 Å². The number of hydrogen-bond donors (Lipinski definition) is 3. The van der Waals surface area contributed by atoms with Crippen LogP contribution in [0.5, 0.6) is 0 Å². The van der Waals surface area contributed by atoms with E-state index in [1.54, 1.807) is 0 Å². The highest BCUT2D eigenvalue weighted by molar-refractivity contribution is 5.86. The smallest absolute Gasteiger partial charge is 0.259 e. The van der Waals surface area contributed by atoms with Crippen molar-refractivity contribution in [2.45, 2.75) is 45.5 Å². The van der Waals surface area contributed by atoms with E-state index in [2.05, 4.69) is 10.8 Å². The predicted molar refractivity (Wildman–Crippen MR) is 72.8 cm³/mol. The summed E-state index contributed by atoms with van der Waals surface area (Å²) in [6, 6.07) is 5.91. The van der Waals surface area contributed by atoms with E-state index < -0.39 is 17.3 Å². The fraction of sp³-hybridized carbons (Fsp3) is 0.500. The lowest BCUT2D eigenvalue weighted by atomic mass is 9.94. The standard InChI is InChI=1S/C14H21N3O2/c1-5-13(4)16-14(12(15)18,17-19-13)11-7-9(2)6-10(3)8-11/h6-8,16-17H,5H2,1-4H3,(H2,15,18). The van der Waals surface area contributed by atoms with Crippen LogP contribution in [-0.2, 0) is 15.3 Å². The fourth-order valence-corrected chi connectivity index (χ4v) is 2.37. The minimum absolute atomic E-state index is 0.505. The number of nitrogens with one attached hydrogen (secondary N) is 2. The Morgan fingerprint density at radius 1 is 1.32 bits per heavy atom. The van der Waals surface area contributed by atoms with Gasteiger partial charge in [0.15, 0.2) is 5.66 Å². The largest absolute Gasteiger partial charge is 0.366 e. The van der Waals surface area contributed by atoms with Gasteiger partial charge >= 0.3 is 0 Å². The van der Waals surface area contributed by atoms with Crippen molar-refractivity contribution < 1.29 is 9.63 Å². The molecule has 104 valence electrons. The molecule has 5 heteroatoms. The molecule has 1 aromatic rings. The second-order valence-electron chi connectivity index (χ2n) is 5.40. The molecule has 1 aromatic carbocycles. The summed E-state index contributed by atoms with van der Waals surface area (Å²) in [5.74, 6) is -0.505. The Bertz CT molecular complexity index is 497. The van der Waals surface area contributed by atoms with Crippen LogP contribution < -0.4 is 16.5 Å². The minimum atomic E-state index is -1.18. The third-order valence-corrected chi connectivity index (χ3v) is 3.58. The summed E-state index contributed by atoms with van der Waals surface area (Å²) in [6.07, 6.45) is 0.708. The van der Waals surface area contributed by atoms with Crippen LogP contribution in [0.3, 0.4) is 0 Å². The average Bonchev–Trinajstić information content (AvgIpc) is 2.69. The first-order valence-corrected chi connectivity index (χ1v) is 6.44. The van der Waals surface area contributed by atoms with Crippen molar-refractivity contribution >= 4 is 5.91 Å². The molecule has 2 atom stereocenters. The van der Waals surface area contributed by atoms with Gasteiger partial charge in [-0.2, -0.15) is 5.48 Å². The van der Waals surface area contributed by atoms with Crippen LogP contribution >= 0.6 is 0 Å². The number of hydrogen-bond acceptors (Lipinski definition) is 4. The molecule has 1 aliphatic heterocycles. The number of primary amides is 1. The maximum atomic E-state index is 12.0. The summed E-state index contributed by atoms with van der Waals surface area (Å²) >= 11 is 0. The summed E-state index contributed by atoms with van der Waals surface area (Å²) in [5.41, 5.74) is 9.52. The summed E-state index contributed by atoms with van der Waals surface area (Å²) < 4.78 is 0. The lowest BCUT2D eigenvalue weighted by Gasteiger charge is -2.28. The summed E-state index contributed by atoms with van der Waals surface area (Å²) in [5, 5.41) is 3.19. The van der Waals surface area contributed by atoms with Gasteiger partial charge in [-0.05, 0) is 32.8 Å². The average molecular weight is 263 g/mol.